The third-order valence-electron chi connectivity index (χ3n) is 2.50. The molecule has 2 nitrogen and oxygen atoms in total. The Morgan fingerprint density at radius 3 is 3.00 bits per heavy atom. The fraction of sp³-hybridized carbons (Fsp3) is 0.500. The van der Waals surface area contributed by atoms with Crippen molar-refractivity contribution in [1.82, 2.24) is 0 Å². The lowest BCUT2D eigenvalue weighted by Gasteiger charge is -2.14. The molecule has 2 heteroatoms. The Morgan fingerprint density at radius 1 is 1.43 bits per heavy atom. The van der Waals surface area contributed by atoms with Crippen LogP contribution in [-0.2, 0) is 4.74 Å². The third-order valence-corrected chi connectivity index (χ3v) is 2.50. The van der Waals surface area contributed by atoms with Crippen molar-refractivity contribution in [3.63, 3.8) is 0 Å². The maximum atomic E-state index is 5.65. The molecule has 0 N–H and O–H groups in total. The minimum Gasteiger partial charge on any atom is -0.493 e. The number of hydrogen-bond acceptors (Lipinski definition) is 2. The van der Waals surface area contributed by atoms with Gasteiger partial charge in [-0.1, -0.05) is 18.2 Å². The van der Waals surface area contributed by atoms with Crippen LogP contribution in [0.15, 0.2) is 24.3 Å². The van der Waals surface area contributed by atoms with Crippen LogP contribution in [0, 0.1) is 0 Å². The van der Waals surface area contributed by atoms with E-state index in [9.17, 15) is 0 Å². The van der Waals surface area contributed by atoms with Crippen molar-refractivity contribution >= 4 is 0 Å². The first-order valence-electron chi connectivity index (χ1n) is 5.25. The summed E-state index contributed by atoms with van der Waals surface area (Å²) in [7, 11) is 0. The molecule has 76 valence electrons. The highest BCUT2D eigenvalue weighted by atomic mass is 16.5. The van der Waals surface area contributed by atoms with E-state index in [-0.39, 0.29) is 6.10 Å². The summed E-state index contributed by atoms with van der Waals surface area (Å²) in [4.78, 5) is 0. The first-order valence-corrected chi connectivity index (χ1v) is 5.25. The molecule has 1 aliphatic rings. The molecule has 0 amide bonds. The zero-order valence-corrected chi connectivity index (χ0v) is 8.53. The summed E-state index contributed by atoms with van der Waals surface area (Å²) in [6, 6.07) is 8.16. The van der Waals surface area contributed by atoms with E-state index in [0.29, 0.717) is 6.61 Å². The molecule has 1 aromatic carbocycles. The molecular weight excluding hydrogens is 176 g/mol. The molecule has 1 aromatic rings. The highest BCUT2D eigenvalue weighted by Gasteiger charge is 2.20. The van der Waals surface area contributed by atoms with Crippen molar-refractivity contribution in [3.8, 4) is 5.75 Å². The van der Waals surface area contributed by atoms with Crippen molar-refractivity contribution < 1.29 is 9.47 Å². The van der Waals surface area contributed by atoms with Crippen LogP contribution in [0.5, 0.6) is 5.75 Å². The van der Waals surface area contributed by atoms with E-state index in [1.807, 2.05) is 25.1 Å². The topological polar surface area (TPSA) is 18.5 Å². The lowest BCUT2D eigenvalue weighted by molar-refractivity contribution is 0.109. The molecule has 14 heavy (non-hydrogen) atoms. The number of rotatable bonds is 3. The Bertz CT molecular complexity index is 290. The molecule has 0 radical (unpaired) electrons. The van der Waals surface area contributed by atoms with Crippen molar-refractivity contribution in [3.05, 3.63) is 29.8 Å². The van der Waals surface area contributed by atoms with Gasteiger partial charge in [0.25, 0.3) is 0 Å². The summed E-state index contributed by atoms with van der Waals surface area (Å²) < 4.78 is 11.2. The van der Waals surface area contributed by atoms with E-state index in [4.69, 9.17) is 9.47 Å². The van der Waals surface area contributed by atoms with E-state index in [0.717, 1.165) is 25.2 Å². The summed E-state index contributed by atoms with van der Waals surface area (Å²) >= 11 is 0. The van der Waals surface area contributed by atoms with Crippen LogP contribution in [0.1, 0.15) is 31.4 Å². The van der Waals surface area contributed by atoms with Gasteiger partial charge in [0.1, 0.15) is 5.75 Å². The van der Waals surface area contributed by atoms with E-state index in [1.165, 1.54) is 5.56 Å². The molecule has 0 aliphatic carbocycles. The molecule has 0 aromatic heterocycles. The lowest BCUT2D eigenvalue weighted by atomic mass is 10.1. The Morgan fingerprint density at radius 2 is 2.29 bits per heavy atom. The van der Waals surface area contributed by atoms with Crippen LogP contribution in [0.3, 0.4) is 0 Å². The number of benzene rings is 1. The van der Waals surface area contributed by atoms with Crippen LogP contribution < -0.4 is 4.74 Å². The number of hydrogen-bond donors (Lipinski definition) is 0. The van der Waals surface area contributed by atoms with Crippen molar-refractivity contribution in [2.75, 3.05) is 13.2 Å². The standard InChI is InChI=1S/C12H16O2/c1-2-13-11-7-4-3-6-10(11)12-8-5-9-14-12/h3-4,6-7,12H,2,5,8-9H2,1H3. The molecule has 2 rings (SSSR count). The fourth-order valence-corrected chi connectivity index (χ4v) is 1.86. The van der Waals surface area contributed by atoms with Crippen LogP contribution >= 0.6 is 0 Å². The minimum atomic E-state index is 0.248. The Labute approximate surface area is 84.8 Å². The zero-order valence-electron chi connectivity index (χ0n) is 8.53. The first kappa shape index (κ1) is 9.53. The highest BCUT2D eigenvalue weighted by molar-refractivity contribution is 5.35. The SMILES string of the molecule is CCOc1ccccc1C1CCCO1. The van der Waals surface area contributed by atoms with Crippen LogP contribution in [0.25, 0.3) is 0 Å². The van der Waals surface area contributed by atoms with Gasteiger partial charge in [-0.05, 0) is 25.8 Å². The van der Waals surface area contributed by atoms with Crippen LogP contribution in [-0.4, -0.2) is 13.2 Å². The van der Waals surface area contributed by atoms with Crippen molar-refractivity contribution in [2.24, 2.45) is 0 Å². The van der Waals surface area contributed by atoms with E-state index >= 15 is 0 Å². The molecule has 0 bridgehead atoms. The summed E-state index contributed by atoms with van der Waals surface area (Å²) in [5.41, 5.74) is 1.20. The predicted molar refractivity (Wildman–Crippen MR) is 55.5 cm³/mol. The average Bonchev–Trinajstić information content (AvgIpc) is 2.72. The molecule has 1 aliphatic heterocycles. The maximum Gasteiger partial charge on any atom is 0.125 e. The van der Waals surface area contributed by atoms with Crippen molar-refractivity contribution in [2.45, 2.75) is 25.9 Å². The number of ether oxygens (including phenoxy) is 2. The van der Waals surface area contributed by atoms with E-state index in [1.54, 1.807) is 0 Å². The van der Waals surface area contributed by atoms with Gasteiger partial charge in [0.2, 0.25) is 0 Å². The van der Waals surface area contributed by atoms with Gasteiger partial charge in [0, 0.05) is 12.2 Å². The van der Waals surface area contributed by atoms with Gasteiger partial charge in [-0.15, -0.1) is 0 Å². The fourth-order valence-electron chi connectivity index (χ4n) is 1.86. The second kappa shape index (κ2) is 4.47. The second-order valence-electron chi connectivity index (χ2n) is 3.47. The molecule has 0 saturated carbocycles. The molecule has 1 atom stereocenters. The summed E-state index contributed by atoms with van der Waals surface area (Å²) in [6.45, 7) is 3.60. The van der Waals surface area contributed by atoms with Gasteiger partial charge in [0.15, 0.2) is 0 Å². The second-order valence-corrected chi connectivity index (χ2v) is 3.47. The van der Waals surface area contributed by atoms with Gasteiger partial charge in [-0.3, -0.25) is 0 Å². The Balaban J connectivity index is 2.21. The first-order chi connectivity index (χ1) is 6.92. The van der Waals surface area contributed by atoms with Gasteiger partial charge < -0.3 is 9.47 Å². The minimum absolute atomic E-state index is 0.248. The Hall–Kier alpha value is -1.02. The summed E-state index contributed by atoms with van der Waals surface area (Å²) in [5, 5.41) is 0. The zero-order chi connectivity index (χ0) is 9.80. The quantitative estimate of drug-likeness (QED) is 0.733. The molecule has 1 saturated heterocycles. The van der Waals surface area contributed by atoms with Crippen LogP contribution in [0.4, 0.5) is 0 Å². The largest absolute Gasteiger partial charge is 0.493 e. The molecular formula is C12H16O2. The smallest absolute Gasteiger partial charge is 0.125 e. The van der Waals surface area contributed by atoms with Gasteiger partial charge in [-0.25, -0.2) is 0 Å². The molecule has 0 spiro atoms. The average molecular weight is 192 g/mol. The predicted octanol–water partition coefficient (Wildman–Crippen LogP) is 2.94. The van der Waals surface area contributed by atoms with Crippen LogP contribution in [0.2, 0.25) is 0 Å². The van der Waals surface area contributed by atoms with Gasteiger partial charge >= 0.3 is 0 Å². The monoisotopic (exact) mass is 192 g/mol. The summed E-state index contributed by atoms with van der Waals surface area (Å²) in [6.07, 6.45) is 2.52. The van der Waals surface area contributed by atoms with E-state index < -0.39 is 0 Å². The third kappa shape index (κ3) is 1.90. The molecule has 1 fully saturated rings. The van der Waals surface area contributed by atoms with Crippen molar-refractivity contribution in [1.29, 1.82) is 0 Å². The molecule has 1 unspecified atom stereocenters. The normalized spacial score (nSPS) is 21.1. The highest BCUT2D eigenvalue weighted by Crippen LogP contribution is 2.34. The van der Waals surface area contributed by atoms with Gasteiger partial charge in [-0.2, -0.15) is 0 Å². The van der Waals surface area contributed by atoms with Gasteiger partial charge in [0.05, 0.1) is 12.7 Å². The maximum absolute atomic E-state index is 5.65. The number of para-hydroxylation sites is 1. The molecule has 1 heterocycles. The van der Waals surface area contributed by atoms with E-state index in [2.05, 4.69) is 6.07 Å². The lowest BCUT2D eigenvalue weighted by Crippen LogP contribution is -2.01. The summed E-state index contributed by atoms with van der Waals surface area (Å²) in [5.74, 6) is 0.974. The Kier molecular flexibility index (Phi) is 3.04.